The van der Waals surface area contributed by atoms with Crippen molar-refractivity contribution in [3.63, 3.8) is 0 Å². The SMILES string of the molecule is C[C@]12CC[C@@H](O)CC1=CC[C@@H]1[C@@H]2CC[C@@]2(C)[C@H]1CC[C@]2(O)CN1CC1. The molecule has 3 nitrogen and oxygen atoms in total. The van der Waals surface area contributed by atoms with E-state index in [1.807, 2.05) is 0 Å². The second-order valence-corrected chi connectivity index (χ2v) is 10.5. The highest BCUT2D eigenvalue weighted by atomic mass is 16.3. The highest BCUT2D eigenvalue weighted by Gasteiger charge is 2.64. The molecule has 1 aliphatic heterocycles. The summed E-state index contributed by atoms with van der Waals surface area (Å²) < 4.78 is 0. The number of fused-ring (bicyclic) bond motifs is 5. The van der Waals surface area contributed by atoms with E-state index in [2.05, 4.69) is 24.8 Å². The van der Waals surface area contributed by atoms with Gasteiger partial charge in [-0.15, -0.1) is 0 Å². The Balaban J connectivity index is 1.45. The molecule has 140 valence electrons. The van der Waals surface area contributed by atoms with E-state index in [1.165, 1.54) is 38.8 Å². The zero-order valence-corrected chi connectivity index (χ0v) is 16.0. The molecule has 4 aliphatic carbocycles. The lowest BCUT2D eigenvalue weighted by Crippen LogP contribution is -2.56. The van der Waals surface area contributed by atoms with E-state index in [4.69, 9.17) is 0 Å². The summed E-state index contributed by atoms with van der Waals surface area (Å²) in [7, 11) is 0. The Bertz CT molecular complexity index is 599. The Kier molecular flexibility index (Phi) is 3.57. The first-order chi connectivity index (χ1) is 11.9. The molecule has 0 bridgehead atoms. The van der Waals surface area contributed by atoms with Gasteiger partial charge in [-0.05, 0) is 74.5 Å². The van der Waals surface area contributed by atoms with Crippen LogP contribution >= 0.6 is 0 Å². The van der Waals surface area contributed by atoms with Crippen LogP contribution in [0.2, 0.25) is 0 Å². The van der Waals surface area contributed by atoms with E-state index in [0.29, 0.717) is 11.3 Å². The van der Waals surface area contributed by atoms with Gasteiger partial charge in [0.05, 0.1) is 11.7 Å². The molecule has 3 heteroatoms. The van der Waals surface area contributed by atoms with Crippen molar-refractivity contribution in [3.8, 4) is 0 Å². The average molecular weight is 346 g/mol. The smallest absolute Gasteiger partial charge is 0.0830 e. The molecule has 2 N–H and O–H groups in total. The standard InChI is InChI=1S/C22H35NO2/c1-20-8-5-16(24)13-15(20)3-4-17-18(20)6-9-21(2)19(17)7-10-22(21,25)14-23-11-12-23/h3,16-19,24-25H,4-14H2,1-2H3/t16-,17-,18+,19+,20+,21+,22+/m1/s1. The van der Waals surface area contributed by atoms with Crippen LogP contribution in [0.4, 0.5) is 0 Å². The maximum absolute atomic E-state index is 11.6. The second kappa shape index (κ2) is 5.33. The molecule has 5 rings (SSSR count). The molecule has 7 atom stereocenters. The van der Waals surface area contributed by atoms with E-state index in [1.54, 1.807) is 5.57 Å². The van der Waals surface area contributed by atoms with E-state index >= 15 is 0 Å². The molecular formula is C22H35NO2. The number of hydrogen-bond donors (Lipinski definition) is 2. The number of aliphatic hydroxyl groups is 2. The van der Waals surface area contributed by atoms with Crippen molar-refractivity contribution in [1.29, 1.82) is 0 Å². The molecule has 1 heterocycles. The fourth-order valence-corrected chi connectivity index (χ4v) is 7.61. The van der Waals surface area contributed by atoms with Crippen LogP contribution in [0.3, 0.4) is 0 Å². The Morgan fingerprint density at radius 3 is 2.60 bits per heavy atom. The fraction of sp³-hybridized carbons (Fsp3) is 0.909. The molecule has 25 heavy (non-hydrogen) atoms. The molecule has 0 aromatic heterocycles. The quantitative estimate of drug-likeness (QED) is 0.596. The lowest BCUT2D eigenvalue weighted by molar-refractivity contribution is -0.128. The lowest BCUT2D eigenvalue weighted by atomic mass is 9.47. The van der Waals surface area contributed by atoms with Crippen LogP contribution in [0, 0.1) is 28.6 Å². The van der Waals surface area contributed by atoms with Gasteiger partial charge < -0.3 is 10.2 Å². The van der Waals surface area contributed by atoms with Crippen molar-refractivity contribution in [3.05, 3.63) is 11.6 Å². The fourth-order valence-electron chi connectivity index (χ4n) is 7.61. The van der Waals surface area contributed by atoms with Crippen LogP contribution in [-0.4, -0.2) is 46.5 Å². The molecule has 5 aliphatic rings. The van der Waals surface area contributed by atoms with Crippen LogP contribution in [0.5, 0.6) is 0 Å². The van der Waals surface area contributed by atoms with Gasteiger partial charge in [0, 0.05) is 25.0 Å². The van der Waals surface area contributed by atoms with E-state index in [-0.39, 0.29) is 11.5 Å². The minimum Gasteiger partial charge on any atom is -0.393 e. The maximum atomic E-state index is 11.6. The highest BCUT2D eigenvalue weighted by Crippen LogP contribution is 2.67. The molecular weight excluding hydrogens is 310 g/mol. The van der Waals surface area contributed by atoms with Gasteiger partial charge in [-0.25, -0.2) is 0 Å². The maximum Gasteiger partial charge on any atom is 0.0830 e. The minimum absolute atomic E-state index is 0.104. The average Bonchev–Trinajstić information content (AvgIpc) is 3.33. The van der Waals surface area contributed by atoms with Crippen LogP contribution in [0.25, 0.3) is 0 Å². The monoisotopic (exact) mass is 345 g/mol. The first-order valence-corrected chi connectivity index (χ1v) is 10.7. The number of hydrogen-bond acceptors (Lipinski definition) is 3. The van der Waals surface area contributed by atoms with Gasteiger partial charge in [-0.2, -0.15) is 0 Å². The number of aliphatic hydroxyl groups excluding tert-OH is 1. The van der Waals surface area contributed by atoms with Gasteiger partial charge in [0.25, 0.3) is 0 Å². The third-order valence-electron chi connectivity index (χ3n) is 9.42. The molecule has 0 aromatic carbocycles. The van der Waals surface area contributed by atoms with Crippen molar-refractivity contribution in [2.45, 2.75) is 76.9 Å². The largest absolute Gasteiger partial charge is 0.393 e. The van der Waals surface area contributed by atoms with Gasteiger partial charge in [-0.1, -0.05) is 25.5 Å². The van der Waals surface area contributed by atoms with E-state index < -0.39 is 5.60 Å². The molecule has 0 spiro atoms. The Hall–Kier alpha value is -0.380. The number of allylic oxidation sites excluding steroid dienone is 1. The van der Waals surface area contributed by atoms with Gasteiger partial charge in [0.15, 0.2) is 0 Å². The first kappa shape index (κ1) is 16.8. The summed E-state index contributed by atoms with van der Waals surface area (Å²) >= 11 is 0. The van der Waals surface area contributed by atoms with Crippen LogP contribution < -0.4 is 0 Å². The van der Waals surface area contributed by atoms with Crippen molar-refractivity contribution >= 4 is 0 Å². The van der Waals surface area contributed by atoms with Gasteiger partial charge in [0.1, 0.15) is 0 Å². The predicted molar refractivity (Wildman–Crippen MR) is 99.1 cm³/mol. The molecule has 0 aromatic rings. The molecule has 0 radical (unpaired) electrons. The highest BCUT2D eigenvalue weighted by molar-refractivity contribution is 5.26. The molecule has 1 saturated heterocycles. The van der Waals surface area contributed by atoms with Crippen molar-refractivity contribution in [2.75, 3.05) is 19.6 Å². The van der Waals surface area contributed by atoms with E-state index in [9.17, 15) is 10.2 Å². The van der Waals surface area contributed by atoms with Gasteiger partial charge in [0.2, 0.25) is 0 Å². The summed E-state index contributed by atoms with van der Waals surface area (Å²) in [6.07, 6.45) is 11.3. The topological polar surface area (TPSA) is 43.5 Å². The minimum atomic E-state index is -0.465. The Labute approximate surface area is 152 Å². The van der Waals surface area contributed by atoms with Crippen LogP contribution in [0.15, 0.2) is 11.6 Å². The molecule has 0 amide bonds. The summed E-state index contributed by atoms with van der Waals surface area (Å²) in [5, 5.41) is 21.7. The third-order valence-corrected chi connectivity index (χ3v) is 9.42. The predicted octanol–water partition coefficient (Wildman–Crippen LogP) is 3.36. The Morgan fingerprint density at radius 1 is 1.08 bits per heavy atom. The molecule has 3 saturated carbocycles. The molecule has 4 fully saturated rings. The van der Waals surface area contributed by atoms with Gasteiger partial charge in [-0.3, -0.25) is 4.90 Å². The number of nitrogens with zero attached hydrogens (tertiary/aromatic N) is 1. The van der Waals surface area contributed by atoms with Gasteiger partial charge >= 0.3 is 0 Å². The van der Waals surface area contributed by atoms with Crippen LogP contribution in [0.1, 0.15) is 65.2 Å². The summed E-state index contributed by atoms with van der Waals surface area (Å²) in [6.45, 7) is 8.17. The van der Waals surface area contributed by atoms with Crippen molar-refractivity contribution in [2.24, 2.45) is 28.6 Å². The molecule has 0 unspecified atom stereocenters. The van der Waals surface area contributed by atoms with Crippen molar-refractivity contribution in [1.82, 2.24) is 4.90 Å². The summed E-state index contributed by atoms with van der Waals surface area (Å²) in [4.78, 5) is 2.42. The third kappa shape index (κ3) is 2.28. The van der Waals surface area contributed by atoms with E-state index in [0.717, 1.165) is 44.1 Å². The second-order valence-electron chi connectivity index (χ2n) is 10.5. The lowest BCUT2D eigenvalue weighted by Gasteiger charge is -2.59. The number of rotatable bonds is 2. The van der Waals surface area contributed by atoms with Crippen LogP contribution in [-0.2, 0) is 0 Å². The zero-order chi connectivity index (χ0) is 17.4. The summed E-state index contributed by atoms with van der Waals surface area (Å²) in [5.41, 5.74) is 1.50. The van der Waals surface area contributed by atoms with Crippen molar-refractivity contribution < 1.29 is 10.2 Å². The zero-order valence-electron chi connectivity index (χ0n) is 16.0. The summed E-state index contributed by atoms with van der Waals surface area (Å²) in [6, 6.07) is 0. The Morgan fingerprint density at radius 2 is 1.84 bits per heavy atom. The normalized spacial score (nSPS) is 55.1. The number of β-amino-alcohol motifs (C(OH)–C–C–N with tert-alkyl or cyclic N) is 1. The summed E-state index contributed by atoms with van der Waals surface area (Å²) in [5.74, 6) is 2.19. The first-order valence-electron chi connectivity index (χ1n) is 10.7.